The molecule has 3 aromatic rings. The lowest BCUT2D eigenvalue weighted by Gasteiger charge is -2.08. The number of carboxylic acids is 1. The summed E-state index contributed by atoms with van der Waals surface area (Å²) in [5.41, 5.74) is 2.22. The first kappa shape index (κ1) is 11.7. The lowest BCUT2D eigenvalue weighted by Crippen LogP contribution is -2.29. The van der Waals surface area contributed by atoms with Crippen LogP contribution in [0.15, 0.2) is 16.4 Å². The standard InChI is InChI=1S/C10H9N5O3S/c1-11-10-13-14(3-7(16)17)9(18)5-2-6-8(15(5)10)12-4-19-6/h2,4H,3H2,1H3,(H,11,13)(H,16,17). The Morgan fingerprint density at radius 2 is 2.37 bits per heavy atom. The van der Waals surface area contributed by atoms with E-state index in [1.165, 1.54) is 11.3 Å². The lowest BCUT2D eigenvalue weighted by molar-refractivity contribution is -0.137. The lowest BCUT2D eigenvalue weighted by atomic mass is 10.5. The first-order chi connectivity index (χ1) is 9.11. The molecular weight excluding hydrogens is 270 g/mol. The number of nitrogens with zero attached hydrogens (tertiary/aromatic N) is 4. The monoisotopic (exact) mass is 279 g/mol. The van der Waals surface area contributed by atoms with Crippen LogP contribution in [0.3, 0.4) is 0 Å². The van der Waals surface area contributed by atoms with Crippen molar-refractivity contribution in [3.63, 3.8) is 0 Å². The van der Waals surface area contributed by atoms with Gasteiger partial charge in [0.15, 0.2) is 5.65 Å². The van der Waals surface area contributed by atoms with Crippen LogP contribution in [0.1, 0.15) is 0 Å². The zero-order chi connectivity index (χ0) is 13.6. The predicted molar refractivity (Wildman–Crippen MR) is 69.8 cm³/mol. The van der Waals surface area contributed by atoms with Gasteiger partial charge in [0.2, 0.25) is 5.95 Å². The number of aliphatic carboxylic acids is 1. The van der Waals surface area contributed by atoms with Crippen LogP contribution in [-0.2, 0) is 11.3 Å². The third kappa shape index (κ3) is 1.66. The Bertz CT molecular complexity index is 846. The molecule has 0 radical (unpaired) electrons. The van der Waals surface area contributed by atoms with E-state index in [1.54, 1.807) is 23.0 Å². The van der Waals surface area contributed by atoms with Crippen molar-refractivity contribution in [1.29, 1.82) is 0 Å². The summed E-state index contributed by atoms with van der Waals surface area (Å²) in [7, 11) is 1.65. The molecule has 19 heavy (non-hydrogen) atoms. The Labute approximate surface area is 109 Å². The highest BCUT2D eigenvalue weighted by Gasteiger charge is 2.16. The number of hydrogen-bond donors (Lipinski definition) is 2. The number of hydrogen-bond acceptors (Lipinski definition) is 6. The molecule has 0 amide bonds. The summed E-state index contributed by atoms with van der Waals surface area (Å²) in [5.74, 6) is -0.746. The van der Waals surface area contributed by atoms with Crippen molar-refractivity contribution >= 4 is 39.1 Å². The van der Waals surface area contributed by atoms with Crippen molar-refractivity contribution in [1.82, 2.24) is 19.2 Å². The summed E-state index contributed by atoms with van der Waals surface area (Å²) < 4.78 is 3.36. The van der Waals surface area contributed by atoms with Crippen LogP contribution in [0.5, 0.6) is 0 Å². The Kier molecular flexibility index (Phi) is 2.49. The van der Waals surface area contributed by atoms with Crippen LogP contribution in [0.25, 0.3) is 15.9 Å². The average molecular weight is 279 g/mol. The van der Waals surface area contributed by atoms with Crippen LogP contribution in [0.2, 0.25) is 0 Å². The molecule has 0 fully saturated rings. The van der Waals surface area contributed by atoms with Gasteiger partial charge in [-0.2, -0.15) is 0 Å². The number of aromatic nitrogens is 4. The molecular formula is C10H9N5O3S. The van der Waals surface area contributed by atoms with Crippen LogP contribution >= 0.6 is 11.3 Å². The molecule has 0 spiro atoms. The molecule has 3 rings (SSSR count). The van der Waals surface area contributed by atoms with E-state index in [2.05, 4.69) is 15.4 Å². The van der Waals surface area contributed by atoms with Gasteiger partial charge in [0, 0.05) is 7.05 Å². The van der Waals surface area contributed by atoms with E-state index in [4.69, 9.17) is 5.11 Å². The fourth-order valence-corrected chi connectivity index (χ4v) is 2.62. The molecule has 0 aliphatic rings. The Morgan fingerprint density at radius 1 is 1.58 bits per heavy atom. The molecule has 0 aliphatic carbocycles. The number of fused-ring (bicyclic) bond motifs is 3. The smallest absolute Gasteiger partial charge is 0.325 e. The van der Waals surface area contributed by atoms with Gasteiger partial charge < -0.3 is 10.4 Å². The Hall–Kier alpha value is -2.42. The molecule has 0 aromatic carbocycles. The number of anilines is 1. The highest BCUT2D eigenvalue weighted by molar-refractivity contribution is 7.16. The molecule has 0 bridgehead atoms. The number of nitrogens with one attached hydrogen (secondary N) is 1. The molecule has 0 saturated heterocycles. The van der Waals surface area contributed by atoms with Crippen LogP contribution < -0.4 is 10.9 Å². The molecule has 3 aromatic heterocycles. The fourth-order valence-electron chi connectivity index (χ4n) is 1.92. The number of carboxylic acid groups (broad SMARTS) is 1. The van der Waals surface area contributed by atoms with Gasteiger partial charge in [0.05, 0.1) is 10.2 Å². The molecule has 8 nitrogen and oxygen atoms in total. The normalized spacial score (nSPS) is 11.2. The second-order valence-corrected chi connectivity index (χ2v) is 4.72. The maximum atomic E-state index is 12.2. The zero-order valence-electron chi connectivity index (χ0n) is 9.82. The average Bonchev–Trinajstić information content (AvgIpc) is 2.92. The fraction of sp³-hybridized carbons (Fsp3) is 0.200. The van der Waals surface area contributed by atoms with Crippen molar-refractivity contribution in [2.75, 3.05) is 12.4 Å². The highest BCUT2D eigenvalue weighted by Crippen LogP contribution is 2.23. The van der Waals surface area contributed by atoms with Crippen molar-refractivity contribution in [2.24, 2.45) is 0 Å². The van der Waals surface area contributed by atoms with Gasteiger partial charge in [-0.1, -0.05) is 0 Å². The predicted octanol–water partition coefficient (Wildman–Crippen LogP) is 0.232. The van der Waals surface area contributed by atoms with E-state index in [0.29, 0.717) is 17.1 Å². The Balaban J connectivity index is 2.42. The van der Waals surface area contributed by atoms with E-state index < -0.39 is 18.1 Å². The minimum atomic E-state index is -1.12. The van der Waals surface area contributed by atoms with Crippen LogP contribution in [-0.4, -0.2) is 37.3 Å². The third-order valence-corrected chi connectivity index (χ3v) is 3.45. The number of carbonyl (C=O) groups is 1. The van der Waals surface area contributed by atoms with E-state index in [-0.39, 0.29) is 0 Å². The molecule has 0 saturated carbocycles. The maximum absolute atomic E-state index is 12.2. The molecule has 0 aliphatic heterocycles. The summed E-state index contributed by atoms with van der Waals surface area (Å²) >= 11 is 1.41. The van der Waals surface area contributed by atoms with Gasteiger partial charge in [0.1, 0.15) is 12.1 Å². The van der Waals surface area contributed by atoms with Gasteiger partial charge in [-0.15, -0.1) is 16.4 Å². The van der Waals surface area contributed by atoms with Gasteiger partial charge in [0.25, 0.3) is 5.56 Å². The summed E-state index contributed by atoms with van der Waals surface area (Å²) in [4.78, 5) is 27.1. The van der Waals surface area contributed by atoms with Crippen LogP contribution in [0, 0.1) is 0 Å². The molecule has 0 atom stereocenters. The first-order valence-electron chi connectivity index (χ1n) is 5.37. The molecule has 98 valence electrons. The number of thiazole rings is 1. The van der Waals surface area contributed by atoms with Crippen molar-refractivity contribution in [2.45, 2.75) is 6.54 Å². The van der Waals surface area contributed by atoms with Gasteiger partial charge in [-0.3, -0.25) is 14.0 Å². The third-order valence-electron chi connectivity index (χ3n) is 2.68. The van der Waals surface area contributed by atoms with Gasteiger partial charge >= 0.3 is 5.97 Å². The Morgan fingerprint density at radius 3 is 3.05 bits per heavy atom. The van der Waals surface area contributed by atoms with E-state index in [9.17, 15) is 9.59 Å². The molecule has 2 N–H and O–H groups in total. The second kappa shape index (κ2) is 4.05. The molecule has 3 heterocycles. The molecule has 9 heteroatoms. The van der Waals surface area contributed by atoms with Crippen molar-refractivity contribution < 1.29 is 9.90 Å². The first-order valence-corrected chi connectivity index (χ1v) is 6.25. The van der Waals surface area contributed by atoms with E-state index >= 15 is 0 Å². The summed E-state index contributed by atoms with van der Waals surface area (Å²) in [6.07, 6.45) is 0. The SMILES string of the molecule is CNc1nn(CC(=O)O)c(=O)c2cc3scnc3n12. The largest absolute Gasteiger partial charge is 0.480 e. The van der Waals surface area contributed by atoms with Gasteiger partial charge in [-0.05, 0) is 6.07 Å². The summed E-state index contributed by atoms with van der Waals surface area (Å²) in [5, 5.41) is 15.6. The van der Waals surface area contributed by atoms with E-state index in [0.717, 1.165) is 9.38 Å². The minimum absolute atomic E-state index is 0.356. The van der Waals surface area contributed by atoms with E-state index in [1.807, 2.05) is 0 Å². The maximum Gasteiger partial charge on any atom is 0.325 e. The summed E-state index contributed by atoms with van der Waals surface area (Å²) in [6.45, 7) is -0.476. The minimum Gasteiger partial charge on any atom is -0.480 e. The topological polar surface area (TPSA) is 102 Å². The quantitative estimate of drug-likeness (QED) is 0.711. The van der Waals surface area contributed by atoms with Crippen molar-refractivity contribution in [3.05, 3.63) is 21.9 Å². The molecule has 0 unspecified atom stereocenters. The highest BCUT2D eigenvalue weighted by atomic mass is 32.1. The van der Waals surface area contributed by atoms with Gasteiger partial charge in [-0.25, -0.2) is 9.67 Å². The number of rotatable bonds is 3. The summed E-state index contributed by atoms with van der Waals surface area (Å²) in [6, 6.07) is 1.69. The second-order valence-electron chi connectivity index (χ2n) is 3.84. The zero-order valence-corrected chi connectivity index (χ0v) is 10.6. The van der Waals surface area contributed by atoms with Crippen LogP contribution in [0.4, 0.5) is 5.95 Å². The van der Waals surface area contributed by atoms with Crippen molar-refractivity contribution in [3.8, 4) is 0 Å².